The molecule has 1 aromatic carbocycles. The van der Waals surface area contributed by atoms with E-state index in [2.05, 4.69) is 0 Å². The van der Waals surface area contributed by atoms with Crippen LogP contribution in [0.5, 0.6) is 5.75 Å². The topological polar surface area (TPSA) is 98.0 Å². The van der Waals surface area contributed by atoms with Gasteiger partial charge in [0.25, 0.3) is 0 Å². The van der Waals surface area contributed by atoms with E-state index in [9.17, 15) is 14.7 Å². The Balaban J connectivity index is 1.82. The fraction of sp³-hybridized carbons (Fsp3) is 0.375. The van der Waals surface area contributed by atoms with E-state index in [0.717, 1.165) is 36.9 Å². The third kappa shape index (κ3) is 2.96. The molecule has 1 aliphatic heterocycles. The molecule has 1 saturated heterocycles. The lowest BCUT2D eigenvalue weighted by molar-refractivity contribution is -0.919. The Morgan fingerprint density at radius 2 is 2.05 bits per heavy atom. The van der Waals surface area contributed by atoms with Gasteiger partial charge in [-0.15, -0.1) is 0 Å². The lowest BCUT2D eigenvalue weighted by Crippen LogP contribution is -3.11. The minimum Gasteiger partial charge on any atom is -0.508 e. The molecule has 0 spiro atoms. The third-order valence-corrected chi connectivity index (χ3v) is 4.35. The van der Waals surface area contributed by atoms with Gasteiger partial charge in [0.05, 0.1) is 13.1 Å². The molecule has 1 amide bonds. The van der Waals surface area contributed by atoms with Gasteiger partial charge < -0.3 is 20.2 Å². The fourth-order valence-corrected chi connectivity index (χ4v) is 3.12. The molecule has 4 N–H and O–H groups in total. The Kier molecular flexibility index (Phi) is 3.85. The highest BCUT2D eigenvalue weighted by molar-refractivity contribution is 5.81. The predicted molar refractivity (Wildman–Crippen MR) is 80.5 cm³/mol. The average molecular weight is 303 g/mol. The Morgan fingerprint density at radius 3 is 2.73 bits per heavy atom. The van der Waals surface area contributed by atoms with Crippen molar-refractivity contribution in [3.05, 3.63) is 40.2 Å². The molecule has 2 heterocycles. The number of quaternary nitrogens is 1. The summed E-state index contributed by atoms with van der Waals surface area (Å²) in [5.41, 5.74) is 6.23. The van der Waals surface area contributed by atoms with E-state index < -0.39 is 5.63 Å². The SMILES string of the molecule is NC(=O)C1CC[NH+](Cc2cc(=O)oc3cc(O)ccc23)CC1. The van der Waals surface area contributed by atoms with Crippen molar-refractivity contribution in [3.8, 4) is 5.75 Å². The second-order valence-electron chi connectivity index (χ2n) is 5.87. The van der Waals surface area contributed by atoms with Crippen LogP contribution in [0.1, 0.15) is 18.4 Å². The van der Waals surface area contributed by atoms with Crippen molar-refractivity contribution in [1.29, 1.82) is 0 Å². The molecule has 3 rings (SSSR count). The Labute approximate surface area is 127 Å². The maximum atomic E-state index is 11.7. The number of piperidine rings is 1. The van der Waals surface area contributed by atoms with Crippen LogP contribution in [-0.2, 0) is 11.3 Å². The molecule has 1 aromatic heterocycles. The number of benzene rings is 1. The van der Waals surface area contributed by atoms with Crippen LogP contribution in [0.4, 0.5) is 0 Å². The molecule has 2 aromatic rings. The van der Waals surface area contributed by atoms with Crippen molar-refractivity contribution >= 4 is 16.9 Å². The molecular weight excluding hydrogens is 284 g/mol. The number of carbonyl (C=O) groups is 1. The minimum absolute atomic E-state index is 0.0294. The van der Waals surface area contributed by atoms with Gasteiger partial charge >= 0.3 is 5.63 Å². The standard InChI is InChI=1S/C16H18N2O4/c17-16(21)10-3-5-18(6-4-10)9-11-7-15(20)22-14-8-12(19)1-2-13(11)14/h1-2,7-8,10,19H,3-6,9H2,(H2,17,21)/p+1. The van der Waals surface area contributed by atoms with Gasteiger partial charge in [0.2, 0.25) is 5.91 Å². The Hall–Kier alpha value is -2.34. The number of carbonyl (C=O) groups excluding carboxylic acids is 1. The van der Waals surface area contributed by atoms with Crippen molar-refractivity contribution in [2.75, 3.05) is 13.1 Å². The third-order valence-electron chi connectivity index (χ3n) is 4.35. The Bertz CT molecular complexity index is 760. The quantitative estimate of drug-likeness (QED) is 0.683. The van der Waals surface area contributed by atoms with Crippen LogP contribution in [0.15, 0.2) is 33.5 Å². The molecule has 0 radical (unpaired) electrons. The molecule has 6 heteroatoms. The van der Waals surface area contributed by atoms with Crippen molar-refractivity contribution in [2.24, 2.45) is 11.7 Å². The van der Waals surface area contributed by atoms with Crippen LogP contribution < -0.4 is 16.3 Å². The summed E-state index contributed by atoms with van der Waals surface area (Å²) in [5, 5.41) is 10.3. The molecule has 6 nitrogen and oxygen atoms in total. The van der Waals surface area contributed by atoms with Crippen LogP contribution in [0.3, 0.4) is 0 Å². The highest BCUT2D eigenvalue weighted by Gasteiger charge is 2.26. The van der Waals surface area contributed by atoms with Gasteiger partial charge in [-0.25, -0.2) is 4.79 Å². The molecule has 1 aliphatic rings. The molecule has 0 saturated carbocycles. The lowest BCUT2D eigenvalue weighted by atomic mass is 9.96. The predicted octanol–water partition coefficient (Wildman–Crippen LogP) is -0.221. The zero-order valence-corrected chi connectivity index (χ0v) is 12.2. The zero-order chi connectivity index (χ0) is 15.7. The number of likely N-dealkylation sites (tertiary alicyclic amines) is 1. The van der Waals surface area contributed by atoms with Crippen LogP contribution in [0.25, 0.3) is 11.0 Å². The number of nitrogens with one attached hydrogen (secondary N) is 1. The number of hydrogen-bond acceptors (Lipinski definition) is 4. The van der Waals surface area contributed by atoms with Crippen LogP contribution in [-0.4, -0.2) is 24.1 Å². The normalized spacial score (nSPS) is 21.8. The van der Waals surface area contributed by atoms with Crippen LogP contribution in [0, 0.1) is 5.92 Å². The van der Waals surface area contributed by atoms with Gasteiger partial charge in [-0.2, -0.15) is 0 Å². The summed E-state index contributed by atoms with van der Waals surface area (Å²) in [6, 6.07) is 6.31. The van der Waals surface area contributed by atoms with Gasteiger partial charge in [0, 0.05) is 41.8 Å². The molecule has 116 valence electrons. The highest BCUT2D eigenvalue weighted by Crippen LogP contribution is 2.21. The first kappa shape index (κ1) is 14.6. The molecule has 0 aliphatic carbocycles. The summed E-state index contributed by atoms with van der Waals surface area (Å²) in [4.78, 5) is 24.2. The highest BCUT2D eigenvalue weighted by atomic mass is 16.4. The smallest absolute Gasteiger partial charge is 0.336 e. The van der Waals surface area contributed by atoms with Gasteiger partial charge in [0.15, 0.2) is 0 Å². The van der Waals surface area contributed by atoms with E-state index in [0.29, 0.717) is 12.1 Å². The number of phenolic OH excluding ortho intramolecular Hbond substituents is 1. The number of fused-ring (bicyclic) bond motifs is 1. The van der Waals surface area contributed by atoms with Crippen LogP contribution in [0.2, 0.25) is 0 Å². The van der Waals surface area contributed by atoms with Gasteiger partial charge in [-0.05, 0) is 12.1 Å². The van der Waals surface area contributed by atoms with Gasteiger partial charge in [0.1, 0.15) is 17.9 Å². The second-order valence-corrected chi connectivity index (χ2v) is 5.87. The average Bonchev–Trinajstić information content (AvgIpc) is 2.47. The van der Waals surface area contributed by atoms with Crippen molar-refractivity contribution in [1.82, 2.24) is 0 Å². The number of amides is 1. The summed E-state index contributed by atoms with van der Waals surface area (Å²) in [6.45, 7) is 2.40. The van der Waals surface area contributed by atoms with E-state index in [4.69, 9.17) is 10.2 Å². The number of phenols is 1. The van der Waals surface area contributed by atoms with Crippen molar-refractivity contribution < 1.29 is 19.2 Å². The van der Waals surface area contributed by atoms with Gasteiger partial charge in [-0.3, -0.25) is 4.79 Å². The summed E-state index contributed by atoms with van der Waals surface area (Å²) >= 11 is 0. The van der Waals surface area contributed by atoms with E-state index in [1.807, 2.05) is 0 Å². The van der Waals surface area contributed by atoms with E-state index >= 15 is 0 Å². The molecule has 22 heavy (non-hydrogen) atoms. The summed E-state index contributed by atoms with van der Waals surface area (Å²) in [6.07, 6.45) is 1.57. The summed E-state index contributed by atoms with van der Waals surface area (Å²) < 4.78 is 5.13. The summed E-state index contributed by atoms with van der Waals surface area (Å²) in [5.74, 6) is -0.180. The first-order valence-electron chi connectivity index (χ1n) is 7.41. The molecule has 0 atom stereocenters. The Morgan fingerprint density at radius 1 is 1.32 bits per heavy atom. The van der Waals surface area contributed by atoms with Gasteiger partial charge in [-0.1, -0.05) is 0 Å². The van der Waals surface area contributed by atoms with E-state index in [1.54, 1.807) is 12.1 Å². The molecule has 0 bridgehead atoms. The minimum atomic E-state index is -0.417. The van der Waals surface area contributed by atoms with Crippen LogP contribution >= 0.6 is 0 Å². The van der Waals surface area contributed by atoms with Crippen molar-refractivity contribution in [3.63, 3.8) is 0 Å². The largest absolute Gasteiger partial charge is 0.508 e. The maximum absolute atomic E-state index is 11.7. The first-order valence-corrected chi connectivity index (χ1v) is 7.41. The number of rotatable bonds is 3. The first-order chi connectivity index (χ1) is 10.5. The van der Waals surface area contributed by atoms with E-state index in [-0.39, 0.29) is 17.6 Å². The zero-order valence-electron chi connectivity index (χ0n) is 12.2. The number of nitrogens with two attached hydrogens (primary N) is 1. The maximum Gasteiger partial charge on any atom is 0.336 e. The number of aromatic hydroxyl groups is 1. The van der Waals surface area contributed by atoms with E-state index in [1.165, 1.54) is 17.0 Å². The second kappa shape index (κ2) is 5.81. The monoisotopic (exact) mass is 303 g/mol. The fourth-order valence-electron chi connectivity index (χ4n) is 3.12. The van der Waals surface area contributed by atoms with Crippen molar-refractivity contribution in [2.45, 2.75) is 19.4 Å². The molecule has 0 unspecified atom stereocenters. The lowest BCUT2D eigenvalue weighted by Gasteiger charge is -2.27. The molecule has 1 fully saturated rings. The summed E-state index contributed by atoms with van der Waals surface area (Å²) in [7, 11) is 0. The molecular formula is C16H19N2O4+. The number of hydrogen-bond donors (Lipinski definition) is 3. The number of primary amides is 1.